The Kier molecular flexibility index (Phi) is 5.02. The van der Waals surface area contributed by atoms with Crippen LogP contribution in [0.5, 0.6) is 0 Å². The summed E-state index contributed by atoms with van der Waals surface area (Å²) in [5.74, 6) is 0.926. The second-order valence-electron chi connectivity index (χ2n) is 4.90. The van der Waals surface area contributed by atoms with Gasteiger partial charge in [-0.2, -0.15) is 5.10 Å². The Balaban J connectivity index is 2.29. The van der Waals surface area contributed by atoms with Crippen LogP contribution < -0.4 is 5.32 Å². The molecule has 0 fully saturated rings. The molecule has 0 spiro atoms. The van der Waals surface area contributed by atoms with Gasteiger partial charge >= 0.3 is 0 Å². The highest BCUT2D eigenvalue weighted by Gasteiger charge is 2.18. The van der Waals surface area contributed by atoms with Crippen molar-refractivity contribution in [2.75, 3.05) is 7.05 Å². The van der Waals surface area contributed by atoms with Crippen molar-refractivity contribution in [3.63, 3.8) is 0 Å². The maximum absolute atomic E-state index is 6.29. The van der Waals surface area contributed by atoms with E-state index in [1.165, 1.54) is 0 Å². The van der Waals surface area contributed by atoms with Crippen molar-refractivity contribution >= 4 is 23.2 Å². The van der Waals surface area contributed by atoms with Gasteiger partial charge < -0.3 is 5.32 Å². The Morgan fingerprint density at radius 1 is 1.30 bits per heavy atom. The summed E-state index contributed by atoms with van der Waals surface area (Å²) in [6.07, 6.45) is 2.29. The van der Waals surface area contributed by atoms with Crippen molar-refractivity contribution in [3.8, 4) is 0 Å². The number of likely N-dealkylation sites (N-methyl/N-ethyl adjacent to an activating group) is 1. The van der Waals surface area contributed by atoms with Gasteiger partial charge in [0.15, 0.2) is 0 Å². The number of rotatable bonds is 5. The van der Waals surface area contributed by atoms with Crippen LogP contribution >= 0.6 is 23.2 Å². The lowest BCUT2D eigenvalue weighted by atomic mass is 10.0. The van der Waals surface area contributed by atoms with Gasteiger partial charge in [0, 0.05) is 18.5 Å². The first-order valence-electron chi connectivity index (χ1n) is 6.54. The third-order valence-electron chi connectivity index (χ3n) is 3.23. The van der Waals surface area contributed by atoms with Crippen LogP contribution in [0.3, 0.4) is 0 Å². The summed E-state index contributed by atoms with van der Waals surface area (Å²) in [5, 5.41) is 8.67. The number of benzene rings is 1. The molecule has 2 aromatic rings. The summed E-state index contributed by atoms with van der Waals surface area (Å²) in [5.41, 5.74) is 0.972. The van der Waals surface area contributed by atoms with Gasteiger partial charge in [0.1, 0.15) is 12.2 Å². The van der Waals surface area contributed by atoms with Crippen LogP contribution in [0.1, 0.15) is 37.3 Å². The lowest BCUT2D eigenvalue weighted by molar-refractivity contribution is 0.478. The average Bonchev–Trinajstić information content (AvgIpc) is 2.88. The quantitative estimate of drug-likeness (QED) is 0.916. The predicted molar refractivity (Wildman–Crippen MR) is 82.4 cm³/mol. The summed E-state index contributed by atoms with van der Waals surface area (Å²) >= 11 is 12.4. The lowest BCUT2D eigenvalue weighted by Gasteiger charge is -2.19. The third kappa shape index (κ3) is 3.14. The molecule has 0 aliphatic rings. The van der Waals surface area contributed by atoms with E-state index in [-0.39, 0.29) is 12.1 Å². The van der Waals surface area contributed by atoms with Gasteiger partial charge in [0.25, 0.3) is 0 Å². The zero-order valence-electron chi connectivity index (χ0n) is 11.8. The molecule has 1 atom stereocenters. The van der Waals surface area contributed by atoms with Gasteiger partial charge in [-0.15, -0.1) is 0 Å². The average molecular weight is 313 g/mol. The fraction of sp³-hybridized carbons (Fsp3) is 0.429. The molecule has 1 aromatic heterocycles. The molecule has 0 saturated heterocycles. The summed E-state index contributed by atoms with van der Waals surface area (Å²) in [6.45, 7) is 4.16. The fourth-order valence-electron chi connectivity index (χ4n) is 2.19. The first-order chi connectivity index (χ1) is 9.54. The Morgan fingerprint density at radius 2 is 2.05 bits per heavy atom. The smallest absolute Gasteiger partial charge is 0.138 e. The number of nitrogens with zero attached hydrogens (tertiary/aromatic N) is 3. The van der Waals surface area contributed by atoms with Crippen LogP contribution in [0.25, 0.3) is 0 Å². The molecule has 20 heavy (non-hydrogen) atoms. The zero-order valence-corrected chi connectivity index (χ0v) is 13.3. The Morgan fingerprint density at radius 3 is 2.70 bits per heavy atom. The summed E-state index contributed by atoms with van der Waals surface area (Å²) in [6, 6.07) is 5.99. The molecule has 1 heterocycles. The van der Waals surface area contributed by atoms with E-state index < -0.39 is 0 Å². The molecule has 1 aromatic carbocycles. The molecule has 0 aliphatic heterocycles. The van der Waals surface area contributed by atoms with Crippen LogP contribution in [0.2, 0.25) is 10.0 Å². The maximum Gasteiger partial charge on any atom is 0.138 e. The van der Waals surface area contributed by atoms with Crippen LogP contribution in [-0.4, -0.2) is 21.8 Å². The van der Waals surface area contributed by atoms with Gasteiger partial charge in [0.2, 0.25) is 0 Å². The molecule has 0 bridgehead atoms. The fourth-order valence-corrected chi connectivity index (χ4v) is 2.63. The molecule has 6 heteroatoms. The van der Waals surface area contributed by atoms with Gasteiger partial charge in [-0.3, -0.25) is 0 Å². The zero-order chi connectivity index (χ0) is 14.7. The van der Waals surface area contributed by atoms with Crippen molar-refractivity contribution in [2.24, 2.45) is 0 Å². The number of nitrogens with one attached hydrogen (secondary N) is 1. The third-order valence-corrected chi connectivity index (χ3v) is 4.06. The first kappa shape index (κ1) is 15.3. The number of hydrogen-bond donors (Lipinski definition) is 1. The van der Waals surface area contributed by atoms with Crippen molar-refractivity contribution in [1.82, 2.24) is 20.1 Å². The Hall–Kier alpha value is -1.10. The topological polar surface area (TPSA) is 42.7 Å². The van der Waals surface area contributed by atoms with E-state index in [0.29, 0.717) is 16.5 Å². The monoisotopic (exact) mass is 312 g/mol. The standard InChI is InChI=1S/C14H18Cl2N4/c1-9(2)20-13(18-8-19-20)7-12(17-3)10-5-4-6-11(15)14(10)16/h4-6,8-9,12,17H,7H2,1-3H3. The van der Waals surface area contributed by atoms with Crippen molar-refractivity contribution in [2.45, 2.75) is 32.4 Å². The van der Waals surface area contributed by atoms with Crippen molar-refractivity contribution in [3.05, 3.63) is 46.0 Å². The molecular formula is C14H18Cl2N4. The summed E-state index contributed by atoms with van der Waals surface area (Å²) in [7, 11) is 1.90. The van der Waals surface area contributed by atoms with E-state index in [1.54, 1.807) is 12.4 Å². The second-order valence-corrected chi connectivity index (χ2v) is 5.69. The second kappa shape index (κ2) is 6.57. The minimum Gasteiger partial charge on any atom is -0.313 e. The van der Waals surface area contributed by atoms with E-state index in [2.05, 4.69) is 29.2 Å². The summed E-state index contributed by atoms with van der Waals surface area (Å²) < 4.78 is 1.92. The van der Waals surface area contributed by atoms with E-state index in [0.717, 1.165) is 11.4 Å². The van der Waals surface area contributed by atoms with Gasteiger partial charge in [0.05, 0.1) is 10.0 Å². The first-order valence-corrected chi connectivity index (χ1v) is 7.29. The molecule has 0 amide bonds. The molecule has 2 rings (SSSR count). The van der Waals surface area contributed by atoms with Gasteiger partial charge in [-0.25, -0.2) is 9.67 Å². The van der Waals surface area contributed by atoms with Crippen LogP contribution in [-0.2, 0) is 6.42 Å². The van der Waals surface area contributed by atoms with Crippen LogP contribution in [0.4, 0.5) is 0 Å². The van der Waals surface area contributed by atoms with E-state index in [1.807, 2.05) is 23.9 Å². The normalized spacial score (nSPS) is 12.9. The minimum absolute atomic E-state index is 0.0444. The number of halogens is 2. The van der Waals surface area contributed by atoms with E-state index in [9.17, 15) is 0 Å². The van der Waals surface area contributed by atoms with Gasteiger partial charge in [-0.1, -0.05) is 35.3 Å². The number of hydrogen-bond acceptors (Lipinski definition) is 3. The molecule has 108 valence electrons. The van der Waals surface area contributed by atoms with Crippen molar-refractivity contribution < 1.29 is 0 Å². The lowest BCUT2D eigenvalue weighted by Crippen LogP contribution is -2.22. The highest BCUT2D eigenvalue weighted by molar-refractivity contribution is 6.42. The van der Waals surface area contributed by atoms with E-state index >= 15 is 0 Å². The number of aromatic nitrogens is 3. The Bertz CT molecular complexity index is 580. The molecule has 1 unspecified atom stereocenters. The molecule has 0 radical (unpaired) electrons. The molecule has 0 aliphatic carbocycles. The SMILES string of the molecule is CNC(Cc1ncnn1C(C)C)c1cccc(Cl)c1Cl. The highest BCUT2D eigenvalue weighted by Crippen LogP contribution is 2.31. The van der Waals surface area contributed by atoms with Gasteiger partial charge in [-0.05, 0) is 32.5 Å². The highest BCUT2D eigenvalue weighted by atomic mass is 35.5. The summed E-state index contributed by atoms with van der Waals surface area (Å²) in [4.78, 5) is 4.34. The Labute approximate surface area is 129 Å². The largest absolute Gasteiger partial charge is 0.313 e. The molecular weight excluding hydrogens is 295 g/mol. The maximum atomic E-state index is 6.29. The van der Waals surface area contributed by atoms with E-state index in [4.69, 9.17) is 23.2 Å². The van der Waals surface area contributed by atoms with Crippen molar-refractivity contribution in [1.29, 1.82) is 0 Å². The van der Waals surface area contributed by atoms with Crippen LogP contribution in [0, 0.1) is 0 Å². The molecule has 0 saturated carbocycles. The molecule has 1 N–H and O–H groups in total. The predicted octanol–water partition coefficient (Wildman–Crippen LogP) is 3.67. The minimum atomic E-state index is 0.0444. The van der Waals surface area contributed by atoms with Crippen LogP contribution in [0.15, 0.2) is 24.5 Å². The molecule has 4 nitrogen and oxygen atoms in total.